The first-order chi connectivity index (χ1) is 12.2. The van der Waals surface area contributed by atoms with E-state index in [2.05, 4.69) is 10.1 Å². The molecule has 0 radical (unpaired) electrons. The highest BCUT2D eigenvalue weighted by atomic mass is 35.5. The highest BCUT2D eigenvalue weighted by Gasteiger charge is 2.60. The lowest BCUT2D eigenvalue weighted by atomic mass is 10.1. The number of hydrogen-bond acceptors (Lipinski definition) is 3. The van der Waals surface area contributed by atoms with E-state index < -0.39 is 35.5 Å². The molecule has 0 amide bonds. The lowest BCUT2D eigenvalue weighted by Crippen LogP contribution is -2.13. The van der Waals surface area contributed by atoms with Crippen molar-refractivity contribution >= 4 is 23.1 Å². The minimum absolute atomic E-state index is 0.175. The number of nitrogens with one attached hydrogen (secondary N) is 1. The molecule has 0 saturated heterocycles. The molecule has 9 heteroatoms. The van der Waals surface area contributed by atoms with Crippen molar-refractivity contribution in [2.75, 3.05) is 0 Å². The summed E-state index contributed by atoms with van der Waals surface area (Å²) in [6.45, 7) is 1.83. The second-order valence-corrected chi connectivity index (χ2v) is 6.75. The van der Waals surface area contributed by atoms with Crippen LogP contribution in [0.4, 0.5) is 8.78 Å². The molecule has 2 N–H and O–H groups in total. The number of carboxylic acids is 1. The molecule has 1 fully saturated rings. The van der Waals surface area contributed by atoms with Gasteiger partial charge >= 0.3 is 5.97 Å². The normalized spacial score (nSPS) is 18.2. The lowest BCUT2D eigenvalue weighted by molar-refractivity contribution is 0.0688. The molecule has 2 heterocycles. The first-order valence-electron chi connectivity index (χ1n) is 7.72. The predicted octanol–water partition coefficient (Wildman–Crippen LogP) is 3.47. The zero-order valence-electron chi connectivity index (χ0n) is 13.4. The summed E-state index contributed by atoms with van der Waals surface area (Å²) in [5.41, 5.74) is 0.171. The predicted molar refractivity (Wildman–Crippen MR) is 90.3 cm³/mol. The molecule has 6 nitrogen and oxygen atoms in total. The van der Waals surface area contributed by atoms with Gasteiger partial charge in [0.05, 0.1) is 17.8 Å². The molecule has 26 heavy (non-hydrogen) atoms. The number of H-pyrrole nitrogens is 1. The fourth-order valence-electron chi connectivity index (χ4n) is 3.02. The van der Waals surface area contributed by atoms with E-state index >= 15 is 0 Å². The lowest BCUT2D eigenvalue weighted by Gasteiger charge is -2.05. The summed E-state index contributed by atoms with van der Waals surface area (Å²) in [5.74, 6) is -5.79. The van der Waals surface area contributed by atoms with Gasteiger partial charge < -0.3 is 10.1 Å². The van der Waals surface area contributed by atoms with Crippen LogP contribution in [0.3, 0.4) is 0 Å². The van der Waals surface area contributed by atoms with Crippen LogP contribution >= 0.6 is 11.6 Å². The zero-order valence-corrected chi connectivity index (χ0v) is 14.1. The number of halogens is 3. The summed E-state index contributed by atoms with van der Waals surface area (Å²) >= 11 is 6.10. The third-order valence-electron chi connectivity index (χ3n) is 4.52. The zero-order chi connectivity index (χ0) is 18.8. The van der Waals surface area contributed by atoms with E-state index in [0.29, 0.717) is 16.3 Å². The SMILES string of the molecule is Cc1ccc(-c2cn3nc(C(=O)O)c(C4CC4(F)F)c3c(=O)[nH]2)cc1Cl. The van der Waals surface area contributed by atoms with Gasteiger partial charge in [0, 0.05) is 22.6 Å². The number of nitrogens with zero attached hydrogens (tertiary/aromatic N) is 2. The maximum absolute atomic E-state index is 13.5. The number of aromatic amines is 1. The van der Waals surface area contributed by atoms with Crippen molar-refractivity contribution in [3.8, 4) is 11.3 Å². The number of aryl methyl sites for hydroxylation is 1. The number of aromatic carboxylic acids is 1. The maximum Gasteiger partial charge on any atom is 0.356 e. The van der Waals surface area contributed by atoms with Crippen molar-refractivity contribution in [2.24, 2.45) is 0 Å². The summed E-state index contributed by atoms with van der Waals surface area (Å²) in [4.78, 5) is 26.6. The average Bonchev–Trinajstić information content (AvgIpc) is 3.02. The molecular weight excluding hydrogens is 368 g/mol. The summed E-state index contributed by atoms with van der Waals surface area (Å²) in [6, 6.07) is 5.14. The van der Waals surface area contributed by atoms with E-state index in [9.17, 15) is 23.5 Å². The molecule has 1 saturated carbocycles. The van der Waals surface area contributed by atoms with E-state index in [-0.39, 0.29) is 11.1 Å². The molecule has 1 aliphatic rings. The van der Waals surface area contributed by atoms with Crippen LogP contribution < -0.4 is 5.56 Å². The smallest absolute Gasteiger partial charge is 0.356 e. The quantitative estimate of drug-likeness (QED) is 0.729. The van der Waals surface area contributed by atoms with Gasteiger partial charge in [-0.25, -0.2) is 18.1 Å². The third-order valence-corrected chi connectivity index (χ3v) is 4.93. The highest BCUT2D eigenvalue weighted by Crippen LogP contribution is 2.57. The first kappa shape index (κ1) is 16.7. The summed E-state index contributed by atoms with van der Waals surface area (Å²) in [5, 5.41) is 13.7. The van der Waals surface area contributed by atoms with Crippen molar-refractivity contribution in [1.29, 1.82) is 0 Å². The minimum atomic E-state index is -3.02. The Bertz CT molecular complexity index is 1140. The number of alkyl halides is 2. The summed E-state index contributed by atoms with van der Waals surface area (Å²) in [7, 11) is 0. The molecule has 1 atom stereocenters. The average molecular weight is 380 g/mol. The van der Waals surface area contributed by atoms with Crippen LogP contribution in [0.5, 0.6) is 0 Å². The fraction of sp³-hybridized carbons (Fsp3) is 0.235. The molecule has 0 bridgehead atoms. The minimum Gasteiger partial charge on any atom is -0.476 e. The van der Waals surface area contributed by atoms with Crippen LogP contribution in [0.2, 0.25) is 5.02 Å². The first-order valence-corrected chi connectivity index (χ1v) is 8.10. The van der Waals surface area contributed by atoms with E-state index in [1.807, 2.05) is 6.92 Å². The molecule has 1 unspecified atom stereocenters. The maximum atomic E-state index is 13.5. The van der Waals surface area contributed by atoms with E-state index in [1.54, 1.807) is 18.2 Å². The van der Waals surface area contributed by atoms with Gasteiger partial charge in [-0.3, -0.25) is 4.79 Å². The van der Waals surface area contributed by atoms with Crippen LogP contribution in [0, 0.1) is 6.92 Å². The second kappa shape index (κ2) is 5.38. The summed E-state index contributed by atoms with van der Waals surface area (Å²) in [6.07, 6.45) is 0.900. The Kier molecular flexibility index (Phi) is 3.46. The fourth-order valence-corrected chi connectivity index (χ4v) is 3.21. The Morgan fingerprint density at radius 2 is 2.15 bits per heavy atom. The van der Waals surface area contributed by atoms with Crippen molar-refractivity contribution < 1.29 is 18.7 Å². The van der Waals surface area contributed by atoms with Gasteiger partial charge in [0.1, 0.15) is 5.52 Å². The van der Waals surface area contributed by atoms with Gasteiger partial charge in [0.25, 0.3) is 11.5 Å². The number of carbonyl (C=O) groups is 1. The number of fused-ring (bicyclic) bond motifs is 1. The van der Waals surface area contributed by atoms with Crippen LogP contribution in [0.25, 0.3) is 16.8 Å². The Hall–Kier alpha value is -2.74. The van der Waals surface area contributed by atoms with E-state index in [0.717, 1.165) is 10.1 Å². The molecule has 1 aromatic carbocycles. The molecule has 1 aliphatic carbocycles. The number of aromatic nitrogens is 3. The second-order valence-electron chi connectivity index (χ2n) is 6.34. The standard InChI is InChI=1S/C17H12ClF2N3O3/c1-7-2-3-8(4-10(7)18)11-6-23-14(15(24)21-11)12(9-5-17(9,19)20)13(22-23)16(25)26/h2-4,6,9H,5H2,1H3,(H,21,24)(H,25,26). The van der Waals surface area contributed by atoms with Gasteiger partial charge in [-0.1, -0.05) is 23.7 Å². The number of carboxylic acid groups (broad SMARTS) is 1. The van der Waals surface area contributed by atoms with Gasteiger partial charge in [-0.2, -0.15) is 5.10 Å². The van der Waals surface area contributed by atoms with Crippen molar-refractivity contribution in [3.63, 3.8) is 0 Å². The number of benzene rings is 1. The van der Waals surface area contributed by atoms with E-state index in [4.69, 9.17) is 11.6 Å². The summed E-state index contributed by atoms with van der Waals surface area (Å²) < 4.78 is 28.1. The van der Waals surface area contributed by atoms with Crippen LogP contribution in [0.1, 0.15) is 34.0 Å². The molecule has 2 aromatic heterocycles. The number of rotatable bonds is 3. The topological polar surface area (TPSA) is 87.5 Å². The van der Waals surface area contributed by atoms with Crippen LogP contribution in [-0.2, 0) is 0 Å². The van der Waals surface area contributed by atoms with Crippen LogP contribution in [0.15, 0.2) is 29.2 Å². The largest absolute Gasteiger partial charge is 0.476 e. The number of hydrogen-bond donors (Lipinski definition) is 2. The molecule has 0 spiro atoms. The molecule has 0 aliphatic heterocycles. The monoisotopic (exact) mass is 379 g/mol. The van der Waals surface area contributed by atoms with Gasteiger partial charge in [0.15, 0.2) is 5.69 Å². The Labute approximate surface area is 150 Å². The van der Waals surface area contributed by atoms with E-state index in [1.165, 1.54) is 6.20 Å². The van der Waals surface area contributed by atoms with Gasteiger partial charge in [-0.05, 0) is 18.6 Å². The molecular formula is C17H12ClF2N3O3. The molecule has 4 rings (SSSR count). The van der Waals surface area contributed by atoms with Gasteiger partial charge in [0.2, 0.25) is 0 Å². The Balaban J connectivity index is 1.95. The highest BCUT2D eigenvalue weighted by molar-refractivity contribution is 6.31. The molecule has 3 aromatic rings. The Morgan fingerprint density at radius 3 is 2.73 bits per heavy atom. The molecule has 134 valence electrons. The Morgan fingerprint density at radius 1 is 1.46 bits per heavy atom. The van der Waals surface area contributed by atoms with Gasteiger partial charge in [-0.15, -0.1) is 0 Å². The van der Waals surface area contributed by atoms with Crippen molar-refractivity contribution in [3.05, 3.63) is 56.6 Å². The van der Waals surface area contributed by atoms with Crippen LogP contribution in [-0.4, -0.2) is 31.6 Å². The third kappa shape index (κ3) is 2.48. The van der Waals surface area contributed by atoms with Crippen molar-refractivity contribution in [2.45, 2.75) is 25.2 Å². The van der Waals surface area contributed by atoms with Crippen molar-refractivity contribution in [1.82, 2.24) is 14.6 Å².